The van der Waals surface area contributed by atoms with Crippen LogP contribution in [0.25, 0.3) is 10.9 Å². The number of ether oxygens (including phenoxy) is 2. The second-order valence-corrected chi connectivity index (χ2v) is 7.26. The van der Waals surface area contributed by atoms with E-state index < -0.39 is 0 Å². The minimum Gasteiger partial charge on any atom is -0.493 e. The lowest BCUT2D eigenvalue weighted by Gasteiger charge is -2.19. The predicted molar refractivity (Wildman–Crippen MR) is 121 cm³/mol. The first-order valence-corrected chi connectivity index (χ1v) is 9.50. The first-order valence-electron chi connectivity index (χ1n) is 9.50. The molecule has 2 aromatic carbocycles. The number of benzene rings is 2. The lowest BCUT2D eigenvalue weighted by Crippen LogP contribution is -2.23. The number of aromatic nitrogens is 2. The van der Waals surface area contributed by atoms with E-state index in [2.05, 4.69) is 15.0 Å². The second-order valence-electron chi connectivity index (χ2n) is 7.26. The van der Waals surface area contributed by atoms with Crippen LogP contribution in [0.3, 0.4) is 0 Å². The van der Waals surface area contributed by atoms with E-state index in [1.165, 1.54) is 0 Å². The van der Waals surface area contributed by atoms with Gasteiger partial charge in [-0.1, -0.05) is 12.1 Å². The van der Waals surface area contributed by atoms with Gasteiger partial charge >= 0.3 is 0 Å². The average molecular weight is 409 g/mol. The zero-order valence-corrected chi connectivity index (χ0v) is 18.2. The maximum absolute atomic E-state index is 12.8. The van der Waals surface area contributed by atoms with Crippen molar-refractivity contribution in [2.24, 2.45) is 4.99 Å². The van der Waals surface area contributed by atoms with Crippen LogP contribution in [0.15, 0.2) is 40.1 Å². The van der Waals surface area contributed by atoms with Crippen molar-refractivity contribution < 1.29 is 9.47 Å². The van der Waals surface area contributed by atoms with Crippen LogP contribution >= 0.6 is 0 Å². The number of methoxy groups -OCH3 is 2. The van der Waals surface area contributed by atoms with Gasteiger partial charge in [-0.05, 0) is 24.6 Å². The highest BCUT2D eigenvalue weighted by Crippen LogP contribution is 2.35. The summed E-state index contributed by atoms with van der Waals surface area (Å²) in [7, 11) is 8.86. The maximum Gasteiger partial charge on any atom is 0.282 e. The van der Waals surface area contributed by atoms with Gasteiger partial charge in [-0.2, -0.15) is 4.98 Å². The van der Waals surface area contributed by atoms with E-state index in [0.29, 0.717) is 40.5 Å². The topological polar surface area (TPSA) is 83.0 Å². The number of aromatic amines is 1. The Morgan fingerprint density at radius 1 is 1.17 bits per heavy atom. The molecule has 3 rings (SSSR count). The second kappa shape index (κ2) is 8.86. The van der Waals surface area contributed by atoms with E-state index in [9.17, 15) is 4.79 Å². The fourth-order valence-corrected chi connectivity index (χ4v) is 3.30. The van der Waals surface area contributed by atoms with Crippen molar-refractivity contribution in [3.05, 3.63) is 51.8 Å². The molecule has 1 N–H and O–H groups in total. The molecule has 8 heteroatoms. The lowest BCUT2D eigenvalue weighted by atomic mass is 10.1. The molecule has 0 amide bonds. The molecule has 8 nitrogen and oxygen atoms in total. The number of H-pyrrole nitrogens is 1. The minimum atomic E-state index is -0.312. The molecule has 0 aliphatic rings. The van der Waals surface area contributed by atoms with Gasteiger partial charge in [0.05, 0.1) is 37.1 Å². The van der Waals surface area contributed by atoms with Gasteiger partial charge < -0.3 is 24.3 Å². The SMILES string of the molecule is COc1cc2[nH]c(N(C)Cc3cccc(/N=C/N(C)C)c3)nc(=O)c2c(C)c1OC. The number of aliphatic imine (C=N–C) groups is 1. The van der Waals surface area contributed by atoms with Crippen LogP contribution in [-0.2, 0) is 6.54 Å². The molecule has 0 unspecified atom stereocenters. The van der Waals surface area contributed by atoms with Crippen LogP contribution < -0.4 is 19.9 Å². The van der Waals surface area contributed by atoms with Crippen LogP contribution in [0.4, 0.5) is 11.6 Å². The van der Waals surface area contributed by atoms with Gasteiger partial charge in [0, 0.05) is 39.3 Å². The molecule has 1 aromatic heterocycles. The van der Waals surface area contributed by atoms with Crippen LogP contribution in [-0.4, -0.2) is 56.6 Å². The molecule has 0 spiro atoms. The molecular formula is C22H27N5O3. The Balaban J connectivity index is 1.95. The summed E-state index contributed by atoms with van der Waals surface area (Å²) in [6.45, 7) is 2.38. The summed E-state index contributed by atoms with van der Waals surface area (Å²) in [5.41, 5.74) is 2.95. The Morgan fingerprint density at radius 2 is 1.93 bits per heavy atom. The molecule has 0 radical (unpaired) electrons. The third kappa shape index (κ3) is 4.37. The normalized spacial score (nSPS) is 11.1. The molecule has 0 bridgehead atoms. The summed E-state index contributed by atoms with van der Waals surface area (Å²) in [5, 5.41) is 0.491. The predicted octanol–water partition coefficient (Wildman–Crippen LogP) is 3.11. The molecule has 0 aliphatic heterocycles. The van der Waals surface area contributed by atoms with E-state index in [1.54, 1.807) is 26.6 Å². The standard InChI is InChI=1S/C22H27N5O3/c1-14-19-17(11-18(29-5)20(14)30-6)24-22(25-21(19)28)27(4)12-15-8-7-9-16(10-15)23-13-26(2)3/h7-11,13H,12H2,1-6H3,(H,24,25,28)/b23-13+. The van der Waals surface area contributed by atoms with Crippen LogP contribution in [0.1, 0.15) is 11.1 Å². The number of nitrogens with one attached hydrogen (secondary N) is 1. The summed E-state index contributed by atoms with van der Waals surface area (Å²) in [6, 6.07) is 9.69. The van der Waals surface area contributed by atoms with Crippen LogP contribution in [0.5, 0.6) is 11.5 Å². The number of rotatable bonds is 7. The van der Waals surface area contributed by atoms with Gasteiger partial charge in [-0.25, -0.2) is 4.99 Å². The monoisotopic (exact) mass is 409 g/mol. The van der Waals surface area contributed by atoms with Gasteiger partial charge in [0.15, 0.2) is 11.5 Å². The molecule has 158 valence electrons. The smallest absolute Gasteiger partial charge is 0.282 e. The van der Waals surface area contributed by atoms with E-state index in [0.717, 1.165) is 11.3 Å². The quantitative estimate of drug-likeness (QED) is 0.477. The van der Waals surface area contributed by atoms with Crippen molar-refractivity contribution in [3.8, 4) is 11.5 Å². The highest BCUT2D eigenvalue weighted by molar-refractivity contribution is 5.86. The van der Waals surface area contributed by atoms with Crippen LogP contribution in [0.2, 0.25) is 0 Å². The van der Waals surface area contributed by atoms with E-state index in [1.807, 2.05) is 62.1 Å². The molecule has 3 aromatic rings. The van der Waals surface area contributed by atoms with Crippen LogP contribution in [0, 0.1) is 6.92 Å². The lowest BCUT2D eigenvalue weighted by molar-refractivity contribution is 0.354. The zero-order chi connectivity index (χ0) is 21.8. The third-order valence-electron chi connectivity index (χ3n) is 4.71. The molecule has 1 heterocycles. The molecule has 30 heavy (non-hydrogen) atoms. The summed E-state index contributed by atoms with van der Waals surface area (Å²) >= 11 is 0. The van der Waals surface area contributed by atoms with Crippen molar-refractivity contribution in [2.75, 3.05) is 40.3 Å². The molecule has 0 fully saturated rings. The molecule has 0 aliphatic carbocycles. The van der Waals surface area contributed by atoms with E-state index in [-0.39, 0.29) is 5.56 Å². The number of hydrogen-bond acceptors (Lipinski definition) is 6. The van der Waals surface area contributed by atoms with E-state index >= 15 is 0 Å². The molecular weight excluding hydrogens is 382 g/mol. The molecule has 0 saturated heterocycles. The zero-order valence-electron chi connectivity index (χ0n) is 18.2. The van der Waals surface area contributed by atoms with Gasteiger partial charge in [-0.15, -0.1) is 0 Å². The van der Waals surface area contributed by atoms with Gasteiger partial charge in [0.2, 0.25) is 5.95 Å². The Kier molecular flexibility index (Phi) is 6.25. The van der Waals surface area contributed by atoms with Crippen molar-refractivity contribution >= 4 is 28.9 Å². The van der Waals surface area contributed by atoms with Gasteiger partial charge in [0.25, 0.3) is 5.56 Å². The Morgan fingerprint density at radius 3 is 2.60 bits per heavy atom. The number of anilines is 1. The summed E-state index contributed by atoms with van der Waals surface area (Å²) in [6.07, 6.45) is 1.76. The number of nitrogens with zero attached hydrogens (tertiary/aromatic N) is 4. The van der Waals surface area contributed by atoms with E-state index in [4.69, 9.17) is 9.47 Å². The minimum absolute atomic E-state index is 0.312. The van der Waals surface area contributed by atoms with Crippen molar-refractivity contribution in [2.45, 2.75) is 13.5 Å². The van der Waals surface area contributed by atoms with Gasteiger partial charge in [-0.3, -0.25) is 4.79 Å². The van der Waals surface area contributed by atoms with Crippen molar-refractivity contribution in [1.29, 1.82) is 0 Å². The molecule has 0 saturated carbocycles. The Hall–Kier alpha value is -3.55. The summed E-state index contributed by atoms with van der Waals surface area (Å²) in [4.78, 5) is 28.5. The summed E-state index contributed by atoms with van der Waals surface area (Å²) < 4.78 is 10.8. The first-order chi connectivity index (χ1) is 14.3. The third-order valence-corrected chi connectivity index (χ3v) is 4.71. The first kappa shape index (κ1) is 21.2. The number of hydrogen-bond donors (Lipinski definition) is 1. The maximum atomic E-state index is 12.8. The number of fused-ring (bicyclic) bond motifs is 1. The average Bonchev–Trinajstić information content (AvgIpc) is 2.71. The van der Waals surface area contributed by atoms with Crippen molar-refractivity contribution in [3.63, 3.8) is 0 Å². The van der Waals surface area contributed by atoms with Gasteiger partial charge in [0.1, 0.15) is 0 Å². The molecule has 0 atom stereocenters. The summed E-state index contributed by atoms with van der Waals surface area (Å²) in [5.74, 6) is 1.57. The Labute approximate surface area is 175 Å². The highest BCUT2D eigenvalue weighted by Gasteiger charge is 2.17. The Bertz CT molecular complexity index is 1140. The number of aryl methyl sites for hydroxylation is 1. The fourth-order valence-electron chi connectivity index (χ4n) is 3.30. The fraction of sp³-hybridized carbons (Fsp3) is 0.318. The van der Waals surface area contributed by atoms with Crippen molar-refractivity contribution in [1.82, 2.24) is 14.9 Å². The largest absolute Gasteiger partial charge is 0.493 e. The highest BCUT2D eigenvalue weighted by atomic mass is 16.5.